The predicted molar refractivity (Wildman–Crippen MR) is 110 cm³/mol. The number of aromatic nitrogens is 1. The quantitative estimate of drug-likeness (QED) is 0.633. The number of ether oxygens (including phenoxy) is 2. The number of nitrogens with zero attached hydrogens (tertiary/aromatic N) is 2. The van der Waals surface area contributed by atoms with Gasteiger partial charge in [0.15, 0.2) is 0 Å². The Morgan fingerprint density at radius 2 is 1.86 bits per heavy atom. The molecule has 0 radical (unpaired) electrons. The number of pyridine rings is 1. The molecule has 6 nitrogen and oxygen atoms in total. The summed E-state index contributed by atoms with van der Waals surface area (Å²) in [7, 11) is 3.10. The number of nitriles is 1. The normalized spacial score (nSPS) is 10.4. The fraction of sp³-hybridized carbons (Fsp3) is 0.190. The number of carbonyl (C=O) groups is 1. The number of thioether (sulfide) groups is 1. The number of fused-ring (bicyclic) bond motifs is 1. The Hall–Kier alpha value is -3.24. The molecule has 1 aromatic heterocycles. The predicted octanol–water partition coefficient (Wildman–Crippen LogP) is 4.16. The maximum absolute atomic E-state index is 12.4. The van der Waals surface area contributed by atoms with E-state index in [1.165, 1.54) is 11.8 Å². The molecular formula is C21H19N3O3S. The largest absolute Gasteiger partial charge is 0.497 e. The summed E-state index contributed by atoms with van der Waals surface area (Å²) in [5, 5.41) is 13.7. The molecule has 0 bridgehead atoms. The van der Waals surface area contributed by atoms with E-state index in [-0.39, 0.29) is 11.7 Å². The summed E-state index contributed by atoms with van der Waals surface area (Å²) in [6.07, 6.45) is 0. The molecule has 0 aliphatic carbocycles. The Labute approximate surface area is 167 Å². The molecule has 1 amide bonds. The van der Waals surface area contributed by atoms with Gasteiger partial charge in [-0.3, -0.25) is 4.79 Å². The summed E-state index contributed by atoms with van der Waals surface area (Å²) < 4.78 is 10.4. The highest BCUT2D eigenvalue weighted by atomic mass is 32.2. The third-order valence-corrected chi connectivity index (χ3v) is 5.02. The molecule has 0 aliphatic rings. The van der Waals surface area contributed by atoms with Gasteiger partial charge in [0, 0.05) is 29.3 Å². The van der Waals surface area contributed by atoms with Gasteiger partial charge in [-0.1, -0.05) is 23.4 Å². The van der Waals surface area contributed by atoms with E-state index in [1.54, 1.807) is 32.4 Å². The number of anilines is 1. The lowest BCUT2D eigenvalue weighted by Crippen LogP contribution is -2.14. The fourth-order valence-corrected chi connectivity index (χ4v) is 3.44. The molecule has 3 aromatic rings. The van der Waals surface area contributed by atoms with Gasteiger partial charge in [0.2, 0.25) is 5.91 Å². The van der Waals surface area contributed by atoms with E-state index in [9.17, 15) is 10.1 Å². The minimum Gasteiger partial charge on any atom is -0.497 e. The number of amides is 1. The number of hydrogen-bond donors (Lipinski definition) is 1. The first-order valence-corrected chi connectivity index (χ1v) is 9.48. The smallest absolute Gasteiger partial charge is 0.234 e. The summed E-state index contributed by atoms with van der Waals surface area (Å²) in [5.74, 6) is 1.08. The first kappa shape index (κ1) is 19.5. The van der Waals surface area contributed by atoms with Gasteiger partial charge >= 0.3 is 0 Å². The van der Waals surface area contributed by atoms with Crippen molar-refractivity contribution in [3.63, 3.8) is 0 Å². The fourth-order valence-electron chi connectivity index (χ4n) is 2.68. The summed E-state index contributed by atoms with van der Waals surface area (Å²) >= 11 is 1.23. The van der Waals surface area contributed by atoms with Crippen molar-refractivity contribution in [2.75, 3.05) is 25.3 Å². The first-order valence-electron chi connectivity index (χ1n) is 8.49. The molecule has 0 saturated carbocycles. The highest BCUT2D eigenvalue weighted by Crippen LogP contribution is 2.27. The van der Waals surface area contributed by atoms with Gasteiger partial charge in [-0.2, -0.15) is 5.26 Å². The Balaban J connectivity index is 1.74. The molecule has 0 aliphatic heterocycles. The molecule has 142 valence electrons. The van der Waals surface area contributed by atoms with Crippen molar-refractivity contribution in [2.24, 2.45) is 0 Å². The minimum absolute atomic E-state index is 0.124. The molecule has 3 rings (SSSR count). The molecule has 28 heavy (non-hydrogen) atoms. The lowest BCUT2D eigenvalue weighted by Gasteiger charge is -2.10. The number of rotatable bonds is 6. The summed E-state index contributed by atoms with van der Waals surface area (Å²) in [5.41, 5.74) is 2.93. The maximum Gasteiger partial charge on any atom is 0.234 e. The molecule has 0 saturated heterocycles. The van der Waals surface area contributed by atoms with E-state index in [4.69, 9.17) is 9.47 Å². The van der Waals surface area contributed by atoms with Crippen molar-refractivity contribution in [3.8, 4) is 17.6 Å². The first-order chi connectivity index (χ1) is 13.5. The number of aryl methyl sites for hydroxylation is 1. The molecule has 1 N–H and O–H groups in total. The highest BCUT2D eigenvalue weighted by molar-refractivity contribution is 8.00. The van der Waals surface area contributed by atoms with Crippen molar-refractivity contribution in [3.05, 3.63) is 53.6 Å². The van der Waals surface area contributed by atoms with Crippen LogP contribution in [0.1, 0.15) is 11.1 Å². The second-order valence-electron chi connectivity index (χ2n) is 6.09. The van der Waals surface area contributed by atoms with E-state index < -0.39 is 0 Å². The van der Waals surface area contributed by atoms with Gasteiger partial charge in [0.1, 0.15) is 22.6 Å². The van der Waals surface area contributed by atoms with E-state index in [0.717, 1.165) is 16.5 Å². The summed E-state index contributed by atoms with van der Waals surface area (Å²) in [4.78, 5) is 16.9. The maximum atomic E-state index is 12.4. The van der Waals surface area contributed by atoms with E-state index in [2.05, 4.69) is 16.4 Å². The standard InChI is InChI=1S/C21H19N3O3S/c1-13-4-5-19-14(6-13)7-15(11-22)21(24-19)28-12-20(25)23-16-8-17(26-2)10-18(9-16)27-3/h4-10H,12H2,1-3H3,(H,23,25). The average molecular weight is 393 g/mol. The average Bonchev–Trinajstić information content (AvgIpc) is 2.71. The second kappa shape index (κ2) is 8.63. The lowest BCUT2D eigenvalue weighted by atomic mass is 10.1. The van der Waals surface area contributed by atoms with Crippen molar-refractivity contribution in [1.29, 1.82) is 5.26 Å². The van der Waals surface area contributed by atoms with Crippen molar-refractivity contribution < 1.29 is 14.3 Å². The molecule has 0 spiro atoms. The van der Waals surface area contributed by atoms with Gasteiger partial charge in [-0.25, -0.2) is 4.98 Å². The monoisotopic (exact) mass is 393 g/mol. The number of methoxy groups -OCH3 is 2. The Morgan fingerprint density at radius 1 is 1.14 bits per heavy atom. The van der Waals surface area contributed by atoms with Crippen LogP contribution < -0.4 is 14.8 Å². The van der Waals surface area contributed by atoms with Crippen LogP contribution in [0.4, 0.5) is 5.69 Å². The van der Waals surface area contributed by atoms with E-state index >= 15 is 0 Å². The Bertz CT molecular complexity index is 1050. The van der Waals surface area contributed by atoms with Crippen LogP contribution in [0.25, 0.3) is 10.9 Å². The van der Waals surface area contributed by atoms with Gasteiger partial charge in [0.05, 0.1) is 31.1 Å². The van der Waals surface area contributed by atoms with E-state index in [0.29, 0.717) is 27.8 Å². The highest BCUT2D eigenvalue weighted by Gasteiger charge is 2.12. The Morgan fingerprint density at radius 3 is 2.50 bits per heavy atom. The molecule has 7 heteroatoms. The van der Waals surface area contributed by atoms with Crippen LogP contribution in [0.15, 0.2) is 47.5 Å². The zero-order valence-corrected chi connectivity index (χ0v) is 16.6. The zero-order valence-electron chi connectivity index (χ0n) is 15.8. The lowest BCUT2D eigenvalue weighted by molar-refractivity contribution is -0.113. The van der Waals surface area contributed by atoms with Crippen molar-refractivity contribution in [1.82, 2.24) is 4.98 Å². The minimum atomic E-state index is -0.213. The molecule has 0 atom stereocenters. The summed E-state index contributed by atoms with van der Waals surface area (Å²) in [6, 6.07) is 15.0. The molecule has 2 aromatic carbocycles. The van der Waals surface area contributed by atoms with Gasteiger partial charge in [0.25, 0.3) is 0 Å². The van der Waals surface area contributed by atoms with Crippen LogP contribution in [0.3, 0.4) is 0 Å². The van der Waals surface area contributed by atoms with Gasteiger partial charge in [-0.15, -0.1) is 0 Å². The zero-order chi connectivity index (χ0) is 20.1. The van der Waals surface area contributed by atoms with Crippen LogP contribution in [-0.2, 0) is 4.79 Å². The van der Waals surface area contributed by atoms with Gasteiger partial charge < -0.3 is 14.8 Å². The van der Waals surface area contributed by atoms with Crippen LogP contribution >= 0.6 is 11.8 Å². The number of hydrogen-bond acceptors (Lipinski definition) is 6. The van der Waals surface area contributed by atoms with Crippen molar-refractivity contribution >= 4 is 34.3 Å². The van der Waals surface area contributed by atoms with Crippen molar-refractivity contribution in [2.45, 2.75) is 11.9 Å². The number of carbonyl (C=O) groups excluding carboxylic acids is 1. The number of benzene rings is 2. The van der Waals surface area contributed by atoms with E-state index in [1.807, 2.05) is 31.2 Å². The number of nitrogens with one attached hydrogen (secondary N) is 1. The third kappa shape index (κ3) is 4.53. The van der Waals surface area contributed by atoms with Crippen LogP contribution in [-0.4, -0.2) is 30.9 Å². The van der Waals surface area contributed by atoms with Crippen LogP contribution in [0.2, 0.25) is 0 Å². The SMILES string of the molecule is COc1cc(NC(=O)CSc2nc3ccc(C)cc3cc2C#N)cc(OC)c1. The summed E-state index contributed by atoms with van der Waals surface area (Å²) in [6.45, 7) is 1.99. The molecule has 0 fully saturated rings. The van der Waals surface area contributed by atoms with Crippen LogP contribution in [0, 0.1) is 18.3 Å². The third-order valence-electron chi connectivity index (χ3n) is 4.03. The van der Waals surface area contributed by atoms with Crippen LogP contribution in [0.5, 0.6) is 11.5 Å². The molecule has 1 heterocycles. The topological polar surface area (TPSA) is 84.2 Å². The second-order valence-corrected chi connectivity index (χ2v) is 7.05. The van der Waals surface area contributed by atoms with Gasteiger partial charge in [-0.05, 0) is 25.1 Å². The molecular weight excluding hydrogens is 374 g/mol. The Kier molecular flexibility index (Phi) is 6.02. The molecule has 0 unspecified atom stereocenters.